The lowest BCUT2D eigenvalue weighted by Gasteiger charge is -2.11. The van der Waals surface area contributed by atoms with Crippen molar-refractivity contribution in [3.63, 3.8) is 0 Å². The minimum absolute atomic E-state index is 0.148. The Morgan fingerprint density at radius 2 is 1.76 bits per heavy atom. The largest absolute Gasteiger partial charge is 0.331 e. The number of hydrazine groups is 1. The van der Waals surface area contributed by atoms with E-state index in [0.29, 0.717) is 11.3 Å². The average molecular weight is 423 g/mol. The van der Waals surface area contributed by atoms with Gasteiger partial charge in [-0.05, 0) is 54.7 Å². The van der Waals surface area contributed by atoms with Gasteiger partial charge in [-0.15, -0.1) is 11.3 Å². The number of hydrogen-bond acceptors (Lipinski definition) is 4. The molecule has 4 aromatic rings. The molecule has 0 aliphatic heterocycles. The molecule has 5 nitrogen and oxygen atoms in total. The number of para-hydroxylation sites is 1. The molecule has 4 rings (SSSR count). The van der Waals surface area contributed by atoms with Crippen molar-refractivity contribution in [1.82, 2.24) is 15.8 Å². The predicted molar refractivity (Wildman–Crippen MR) is 118 cm³/mol. The van der Waals surface area contributed by atoms with E-state index in [9.17, 15) is 9.18 Å². The number of anilines is 1. The van der Waals surface area contributed by atoms with Crippen LogP contribution in [0.5, 0.6) is 0 Å². The number of carbonyl (C=O) groups is 1. The summed E-state index contributed by atoms with van der Waals surface area (Å²) in [7, 11) is 0. The minimum Gasteiger partial charge on any atom is -0.331 e. The van der Waals surface area contributed by atoms with Crippen LogP contribution in [-0.4, -0.2) is 16.0 Å². The number of amides is 1. The molecule has 3 aromatic carbocycles. The van der Waals surface area contributed by atoms with Crippen LogP contribution in [0, 0.1) is 5.82 Å². The zero-order valence-electron chi connectivity index (χ0n) is 15.0. The molecule has 1 heterocycles. The minimum atomic E-state index is -0.380. The first-order valence-corrected chi connectivity index (χ1v) is 9.90. The van der Waals surface area contributed by atoms with E-state index in [1.807, 2.05) is 36.4 Å². The van der Waals surface area contributed by atoms with Crippen molar-refractivity contribution in [3.8, 4) is 10.6 Å². The standard InChI is InChI=1S/C21H15FN4OS2/c22-15-4-3-5-16(12-15)23-21(28)26-25-19(27)13-8-10-14(11-9-13)20-24-17-6-1-2-7-18(17)29-20/h1-12H,(H,25,27)(H2,23,26,28). The number of rotatable bonds is 3. The molecular weight excluding hydrogens is 407 g/mol. The van der Waals surface area contributed by atoms with Crippen molar-refractivity contribution in [2.75, 3.05) is 5.32 Å². The highest BCUT2D eigenvalue weighted by Gasteiger charge is 2.09. The Balaban J connectivity index is 1.37. The number of carbonyl (C=O) groups excluding carboxylic acids is 1. The molecule has 144 valence electrons. The summed E-state index contributed by atoms with van der Waals surface area (Å²) in [6, 6.07) is 21.0. The van der Waals surface area contributed by atoms with E-state index in [4.69, 9.17) is 12.2 Å². The second-order valence-electron chi connectivity index (χ2n) is 6.11. The van der Waals surface area contributed by atoms with Gasteiger partial charge in [0, 0.05) is 16.8 Å². The molecule has 0 aliphatic rings. The van der Waals surface area contributed by atoms with Crippen LogP contribution in [0.1, 0.15) is 10.4 Å². The SMILES string of the molecule is O=C(NNC(=S)Nc1cccc(F)c1)c1ccc(-c2nc3ccccc3s2)cc1. The number of fused-ring (bicyclic) bond motifs is 1. The Bertz CT molecular complexity index is 1160. The normalized spacial score (nSPS) is 10.5. The first-order chi connectivity index (χ1) is 14.1. The summed E-state index contributed by atoms with van der Waals surface area (Å²) >= 11 is 6.70. The molecule has 0 saturated heterocycles. The van der Waals surface area contributed by atoms with Gasteiger partial charge >= 0.3 is 0 Å². The van der Waals surface area contributed by atoms with E-state index in [0.717, 1.165) is 20.8 Å². The van der Waals surface area contributed by atoms with Crippen LogP contribution in [0.15, 0.2) is 72.8 Å². The van der Waals surface area contributed by atoms with E-state index < -0.39 is 0 Å². The average Bonchev–Trinajstić information content (AvgIpc) is 3.16. The Morgan fingerprint density at radius 1 is 0.966 bits per heavy atom. The fraction of sp³-hybridized carbons (Fsp3) is 0. The van der Waals surface area contributed by atoms with Gasteiger partial charge in [0.05, 0.1) is 10.2 Å². The van der Waals surface area contributed by atoms with Crippen LogP contribution in [-0.2, 0) is 0 Å². The second kappa shape index (κ2) is 8.34. The molecule has 0 unspecified atom stereocenters. The first kappa shape index (κ1) is 19.0. The molecule has 8 heteroatoms. The zero-order chi connectivity index (χ0) is 20.2. The number of aromatic nitrogens is 1. The van der Waals surface area contributed by atoms with Gasteiger partial charge in [-0.2, -0.15) is 0 Å². The smallest absolute Gasteiger partial charge is 0.269 e. The predicted octanol–water partition coefficient (Wildman–Crippen LogP) is 4.73. The van der Waals surface area contributed by atoms with Crippen LogP contribution in [0.3, 0.4) is 0 Å². The molecule has 1 amide bonds. The van der Waals surface area contributed by atoms with E-state index in [1.54, 1.807) is 35.6 Å². The van der Waals surface area contributed by atoms with Gasteiger partial charge in [-0.1, -0.05) is 30.3 Å². The van der Waals surface area contributed by atoms with Crippen molar-refractivity contribution in [1.29, 1.82) is 0 Å². The van der Waals surface area contributed by atoms with E-state index >= 15 is 0 Å². The third-order valence-electron chi connectivity index (χ3n) is 4.06. The number of nitrogens with zero attached hydrogens (tertiary/aromatic N) is 1. The van der Waals surface area contributed by atoms with Crippen LogP contribution in [0.2, 0.25) is 0 Å². The summed E-state index contributed by atoms with van der Waals surface area (Å²) in [5, 5.41) is 3.84. The molecular formula is C21H15FN4OS2. The highest BCUT2D eigenvalue weighted by Crippen LogP contribution is 2.29. The van der Waals surface area contributed by atoms with Gasteiger partial charge in [-0.3, -0.25) is 15.6 Å². The van der Waals surface area contributed by atoms with Crippen LogP contribution in [0.25, 0.3) is 20.8 Å². The second-order valence-corrected chi connectivity index (χ2v) is 7.55. The van der Waals surface area contributed by atoms with Crippen molar-refractivity contribution >= 4 is 50.5 Å². The monoisotopic (exact) mass is 422 g/mol. The first-order valence-electron chi connectivity index (χ1n) is 8.67. The quantitative estimate of drug-likeness (QED) is 0.329. The Morgan fingerprint density at radius 3 is 2.52 bits per heavy atom. The fourth-order valence-corrected chi connectivity index (χ4v) is 3.81. The van der Waals surface area contributed by atoms with Gasteiger partial charge in [0.15, 0.2) is 5.11 Å². The van der Waals surface area contributed by atoms with Crippen molar-refractivity contribution in [2.24, 2.45) is 0 Å². The van der Waals surface area contributed by atoms with Gasteiger partial charge in [0.2, 0.25) is 0 Å². The number of hydrogen-bond donors (Lipinski definition) is 3. The summed E-state index contributed by atoms with van der Waals surface area (Å²) in [5.41, 5.74) is 7.97. The van der Waals surface area contributed by atoms with Crippen LogP contribution in [0.4, 0.5) is 10.1 Å². The van der Waals surface area contributed by atoms with E-state index in [-0.39, 0.29) is 16.8 Å². The molecule has 0 aliphatic carbocycles. The Labute approximate surface area is 175 Å². The van der Waals surface area contributed by atoms with Gasteiger partial charge in [0.25, 0.3) is 5.91 Å². The lowest BCUT2D eigenvalue weighted by Crippen LogP contribution is -2.43. The maximum atomic E-state index is 13.2. The van der Waals surface area contributed by atoms with Gasteiger partial charge in [0.1, 0.15) is 10.8 Å². The highest BCUT2D eigenvalue weighted by atomic mass is 32.1. The third kappa shape index (κ3) is 4.56. The highest BCUT2D eigenvalue weighted by molar-refractivity contribution is 7.80. The summed E-state index contributed by atoms with van der Waals surface area (Å²) in [5.74, 6) is -0.723. The number of thiocarbonyl (C=S) groups is 1. The lowest BCUT2D eigenvalue weighted by molar-refractivity contribution is 0.0944. The van der Waals surface area contributed by atoms with Crippen LogP contribution < -0.4 is 16.2 Å². The maximum absolute atomic E-state index is 13.2. The van der Waals surface area contributed by atoms with Crippen LogP contribution >= 0.6 is 23.6 Å². The van der Waals surface area contributed by atoms with Crippen molar-refractivity contribution in [3.05, 3.63) is 84.2 Å². The lowest BCUT2D eigenvalue weighted by atomic mass is 10.1. The Hall–Kier alpha value is -3.36. The van der Waals surface area contributed by atoms with Gasteiger partial charge in [-0.25, -0.2) is 9.37 Å². The number of nitrogens with one attached hydrogen (secondary N) is 3. The zero-order valence-corrected chi connectivity index (χ0v) is 16.6. The molecule has 0 atom stereocenters. The molecule has 0 fully saturated rings. The summed E-state index contributed by atoms with van der Waals surface area (Å²) in [4.78, 5) is 16.9. The maximum Gasteiger partial charge on any atom is 0.269 e. The molecule has 0 spiro atoms. The number of halogens is 1. The molecule has 0 saturated carbocycles. The van der Waals surface area contributed by atoms with E-state index in [1.165, 1.54) is 12.1 Å². The number of benzene rings is 3. The molecule has 3 N–H and O–H groups in total. The summed E-state index contributed by atoms with van der Waals surface area (Å²) in [6.45, 7) is 0. The van der Waals surface area contributed by atoms with E-state index in [2.05, 4.69) is 21.2 Å². The fourth-order valence-electron chi connectivity index (χ4n) is 2.67. The molecule has 0 radical (unpaired) electrons. The summed E-state index contributed by atoms with van der Waals surface area (Å²) in [6.07, 6.45) is 0. The topological polar surface area (TPSA) is 66.1 Å². The Kier molecular flexibility index (Phi) is 5.46. The molecule has 29 heavy (non-hydrogen) atoms. The van der Waals surface area contributed by atoms with Crippen molar-refractivity contribution < 1.29 is 9.18 Å². The third-order valence-corrected chi connectivity index (χ3v) is 5.35. The molecule has 1 aromatic heterocycles. The molecule has 0 bridgehead atoms. The van der Waals surface area contributed by atoms with Gasteiger partial charge < -0.3 is 5.32 Å². The summed E-state index contributed by atoms with van der Waals surface area (Å²) < 4.78 is 14.3. The number of thiazole rings is 1. The van der Waals surface area contributed by atoms with Crippen molar-refractivity contribution in [2.45, 2.75) is 0 Å².